The molecule has 0 radical (unpaired) electrons. The molecule has 16 heavy (non-hydrogen) atoms. The van der Waals surface area contributed by atoms with Crippen molar-refractivity contribution in [3.05, 3.63) is 0 Å². The molecule has 0 unspecified atom stereocenters. The lowest BCUT2D eigenvalue weighted by Gasteiger charge is -2.20. The number of guanidine groups is 1. The fourth-order valence-electron chi connectivity index (χ4n) is 0.850. The van der Waals surface area contributed by atoms with Crippen molar-refractivity contribution in [1.82, 2.24) is 10.6 Å². The summed E-state index contributed by atoms with van der Waals surface area (Å²) >= 11 is 1.80. The predicted octanol–water partition coefficient (Wildman–Crippen LogP) is 1.29. The van der Waals surface area contributed by atoms with Gasteiger partial charge in [0.05, 0.1) is 13.2 Å². The molecule has 0 rings (SSSR count). The van der Waals surface area contributed by atoms with E-state index in [1.165, 1.54) is 0 Å². The third kappa shape index (κ3) is 9.53. The van der Waals surface area contributed by atoms with Crippen LogP contribution in [0.15, 0.2) is 4.99 Å². The molecular weight excluding hydrogens is 337 g/mol. The van der Waals surface area contributed by atoms with Gasteiger partial charge in [-0.15, -0.1) is 24.0 Å². The quantitative estimate of drug-likeness (QED) is 0.379. The average molecular weight is 361 g/mol. The van der Waals surface area contributed by atoms with Gasteiger partial charge in [0.2, 0.25) is 0 Å². The van der Waals surface area contributed by atoms with Crippen LogP contribution in [0.3, 0.4) is 0 Å². The summed E-state index contributed by atoms with van der Waals surface area (Å²) in [5.74, 6) is 0.772. The van der Waals surface area contributed by atoms with E-state index in [4.69, 9.17) is 5.11 Å². The second kappa shape index (κ2) is 10.5. The van der Waals surface area contributed by atoms with Gasteiger partial charge in [-0.05, 0) is 27.0 Å². The van der Waals surface area contributed by atoms with E-state index in [9.17, 15) is 0 Å². The Morgan fingerprint density at radius 3 is 2.44 bits per heavy atom. The molecule has 0 fully saturated rings. The molecule has 6 heteroatoms. The van der Waals surface area contributed by atoms with E-state index in [2.05, 4.69) is 35.7 Å². The van der Waals surface area contributed by atoms with E-state index in [0.29, 0.717) is 6.54 Å². The van der Waals surface area contributed by atoms with E-state index in [1.54, 1.807) is 11.8 Å². The summed E-state index contributed by atoms with van der Waals surface area (Å²) in [6, 6.07) is 0. The number of halogens is 1. The first kappa shape index (κ1) is 18.7. The lowest BCUT2D eigenvalue weighted by Crippen LogP contribution is -2.39. The predicted molar refractivity (Wildman–Crippen MR) is 84.1 cm³/mol. The lowest BCUT2D eigenvalue weighted by molar-refractivity contribution is 0.300. The maximum atomic E-state index is 8.71. The molecule has 0 saturated heterocycles. The van der Waals surface area contributed by atoms with Crippen LogP contribution in [0, 0.1) is 0 Å². The topological polar surface area (TPSA) is 56.7 Å². The Labute approximate surface area is 120 Å². The minimum Gasteiger partial charge on any atom is -0.395 e. The Kier molecular flexibility index (Phi) is 12.2. The average Bonchev–Trinajstić information content (AvgIpc) is 2.22. The number of nitrogens with one attached hydrogen (secondary N) is 2. The fourth-order valence-corrected chi connectivity index (χ4v) is 1.04. The third-order valence-corrected chi connectivity index (χ3v) is 3.15. The third-order valence-electron chi connectivity index (χ3n) is 1.92. The molecule has 0 aliphatic carbocycles. The maximum Gasteiger partial charge on any atom is 0.191 e. The highest BCUT2D eigenvalue weighted by Gasteiger charge is 2.15. The summed E-state index contributed by atoms with van der Waals surface area (Å²) in [5.41, 5.74) is 0. The molecule has 0 bridgehead atoms. The van der Waals surface area contributed by atoms with Gasteiger partial charge in [-0.25, -0.2) is 0 Å². The smallest absolute Gasteiger partial charge is 0.191 e. The second-order valence-corrected chi connectivity index (χ2v) is 5.32. The highest BCUT2D eigenvalue weighted by Crippen LogP contribution is 2.20. The molecule has 0 aromatic rings. The lowest BCUT2D eigenvalue weighted by atomic mass is 10.2. The van der Waals surface area contributed by atoms with E-state index in [1.807, 2.05) is 6.92 Å². The Bertz CT molecular complexity index is 201. The van der Waals surface area contributed by atoms with Crippen LogP contribution in [-0.2, 0) is 0 Å². The second-order valence-electron chi connectivity index (χ2n) is 3.81. The van der Waals surface area contributed by atoms with E-state index < -0.39 is 0 Å². The molecule has 4 nitrogen and oxygen atoms in total. The van der Waals surface area contributed by atoms with Gasteiger partial charge in [-0.3, -0.25) is 4.99 Å². The van der Waals surface area contributed by atoms with Gasteiger partial charge in [0.15, 0.2) is 5.96 Å². The normalized spacial score (nSPS) is 11.9. The zero-order valence-electron chi connectivity index (χ0n) is 10.5. The first-order chi connectivity index (χ1) is 7.05. The summed E-state index contributed by atoms with van der Waals surface area (Å²) < 4.78 is 0.154. The number of aliphatic hydroxyl groups excluding tert-OH is 1. The molecule has 0 aliphatic heterocycles. The molecule has 3 N–H and O–H groups in total. The van der Waals surface area contributed by atoms with Crippen molar-refractivity contribution >= 4 is 41.7 Å². The number of aliphatic imine (C=N–C) groups is 1. The maximum absolute atomic E-state index is 8.71. The molecule has 0 spiro atoms. The van der Waals surface area contributed by atoms with Crippen molar-refractivity contribution in [3.8, 4) is 0 Å². The van der Waals surface area contributed by atoms with Gasteiger partial charge in [-0.1, -0.05) is 0 Å². The molecule has 0 aliphatic rings. The van der Waals surface area contributed by atoms with Crippen molar-refractivity contribution in [2.24, 2.45) is 4.99 Å². The summed E-state index contributed by atoms with van der Waals surface area (Å²) in [7, 11) is 0. The van der Waals surface area contributed by atoms with Gasteiger partial charge < -0.3 is 15.7 Å². The van der Waals surface area contributed by atoms with Crippen LogP contribution in [0.4, 0.5) is 0 Å². The fraction of sp³-hybridized carbons (Fsp3) is 0.900. The van der Waals surface area contributed by atoms with Gasteiger partial charge in [0.1, 0.15) is 0 Å². The van der Waals surface area contributed by atoms with Crippen molar-refractivity contribution in [3.63, 3.8) is 0 Å². The standard InChI is InChI=1S/C10H23N3OS.HI/c1-5-11-9(12-6-7-14)13-8-10(2,3)15-4;/h14H,5-8H2,1-4H3,(H2,11,12,13);1H. The number of hydrogen-bond donors (Lipinski definition) is 3. The molecule has 0 atom stereocenters. The zero-order chi connectivity index (χ0) is 11.7. The molecule has 0 aromatic heterocycles. The van der Waals surface area contributed by atoms with E-state index in [-0.39, 0.29) is 35.3 Å². The molecule has 98 valence electrons. The monoisotopic (exact) mass is 361 g/mol. The summed E-state index contributed by atoms with van der Waals surface area (Å²) in [5, 5.41) is 14.9. The van der Waals surface area contributed by atoms with Crippen molar-refractivity contribution in [1.29, 1.82) is 0 Å². The largest absolute Gasteiger partial charge is 0.395 e. The van der Waals surface area contributed by atoms with Gasteiger partial charge >= 0.3 is 0 Å². The van der Waals surface area contributed by atoms with Crippen LogP contribution in [0.5, 0.6) is 0 Å². The number of rotatable bonds is 6. The van der Waals surface area contributed by atoms with Crippen LogP contribution < -0.4 is 10.6 Å². The number of nitrogens with zero attached hydrogens (tertiary/aromatic N) is 1. The van der Waals surface area contributed by atoms with Crippen LogP contribution in [0.1, 0.15) is 20.8 Å². The highest BCUT2D eigenvalue weighted by atomic mass is 127. The zero-order valence-corrected chi connectivity index (χ0v) is 13.7. The van der Waals surface area contributed by atoms with Crippen molar-refractivity contribution < 1.29 is 5.11 Å². The van der Waals surface area contributed by atoms with E-state index in [0.717, 1.165) is 19.0 Å². The van der Waals surface area contributed by atoms with Gasteiger partial charge in [0.25, 0.3) is 0 Å². The molecular formula is C10H24IN3OS. The molecule has 0 heterocycles. The van der Waals surface area contributed by atoms with Crippen LogP contribution in [0.2, 0.25) is 0 Å². The van der Waals surface area contributed by atoms with Crippen LogP contribution >= 0.6 is 35.7 Å². The van der Waals surface area contributed by atoms with Crippen LogP contribution in [-0.4, -0.2) is 48.3 Å². The Morgan fingerprint density at radius 2 is 2.00 bits per heavy atom. The van der Waals surface area contributed by atoms with Gasteiger partial charge in [0, 0.05) is 17.8 Å². The number of hydrogen-bond acceptors (Lipinski definition) is 3. The van der Waals surface area contributed by atoms with Crippen LogP contribution in [0.25, 0.3) is 0 Å². The van der Waals surface area contributed by atoms with Crippen molar-refractivity contribution in [2.45, 2.75) is 25.5 Å². The Balaban J connectivity index is 0. The summed E-state index contributed by atoms with van der Waals surface area (Å²) in [4.78, 5) is 4.46. The minimum absolute atomic E-state index is 0. The first-order valence-corrected chi connectivity index (χ1v) is 6.46. The minimum atomic E-state index is 0. The van der Waals surface area contributed by atoms with Crippen molar-refractivity contribution in [2.75, 3.05) is 32.5 Å². The highest BCUT2D eigenvalue weighted by molar-refractivity contribution is 14.0. The number of thioether (sulfide) groups is 1. The Hall–Kier alpha value is 0.310. The number of aliphatic hydroxyl groups is 1. The Morgan fingerprint density at radius 1 is 1.38 bits per heavy atom. The first-order valence-electron chi connectivity index (χ1n) is 5.24. The van der Waals surface area contributed by atoms with Gasteiger partial charge in [-0.2, -0.15) is 11.8 Å². The SMILES string of the molecule is CCNC(=NCC(C)(C)SC)NCCO.I. The summed E-state index contributed by atoms with van der Waals surface area (Å²) in [6.07, 6.45) is 2.09. The summed E-state index contributed by atoms with van der Waals surface area (Å²) in [6.45, 7) is 8.59. The van der Waals surface area contributed by atoms with E-state index >= 15 is 0 Å². The molecule has 0 aromatic carbocycles. The molecule has 0 saturated carbocycles. The molecule has 0 amide bonds.